The Morgan fingerprint density at radius 2 is 1.85 bits per heavy atom. The maximum absolute atomic E-state index is 14.0. The van der Waals surface area contributed by atoms with E-state index in [-0.39, 0.29) is 18.0 Å². The van der Waals surface area contributed by atoms with Gasteiger partial charge in [0.25, 0.3) is 5.91 Å². The van der Waals surface area contributed by atoms with Crippen LogP contribution >= 0.6 is 0 Å². The van der Waals surface area contributed by atoms with E-state index in [0.29, 0.717) is 28.8 Å². The first-order chi connectivity index (χ1) is 16.4. The zero-order valence-corrected chi connectivity index (χ0v) is 18.9. The molecule has 0 radical (unpaired) electrons. The molecule has 172 valence electrons. The van der Waals surface area contributed by atoms with E-state index in [1.165, 1.54) is 12.1 Å². The lowest BCUT2D eigenvalue weighted by atomic mass is 9.81. The Hall–Kier alpha value is -3.68. The molecule has 6 nitrogen and oxygen atoms in total. The number of aromatic nitrogens is 4. The topological polar surface area (TPSA) is 63.9 Å². The smallest absolute Gasteiger partial charge is 0.254 e. The molecule has 0 unspecified atom stereocenters. The Morgan fingerprint density at radius 1 is 1.06 bits per heavy atom. The third kappa shape index (κ3) is 3.28. The first-order valence-corrected chi connectivity index (χ1v) is 11.5. The summed E-state index contributed by atoms with van der Waals surface area (Å²) < 4.78 is 29.6. The van der Waals surface area contributed by atoms with Crippen molar-refractivity contribution < 1.29 is 13.6 Å². The first kappa shape index (κ1) is 20.9. The second-order valence-electron chi connectivity index (χ2n) is 9.23. The summed E-state index contributed by atoms with van der Waals surface area (Å²) in [6, 6.07) is 8.82. The van der Waals surface area contributed by atoms with Gasteiger partial charge in [0, 0.05) is 42.0 Å². The highest BCUT2D eigenvalue weighted by atomic mass is 19.1. The SMILES string of the molecule is Cc1cnc2cc(C(=O)N3[C@@H]4CCC[C@H]3c3nn(C)c(-c5cc(F)cc(F)c5)c3C4)ccc2n1. The highest BCUT2D eigenvalue weighted by molar-refractivity contribution is 5.98. The minimum absolute atomic E-state index is 0.0000879. The van der Waals surface area contributed by atoms with Crippen LogP contribution in [0.1, 0.15) is 52.6 Å². The summed E-state index contributed by atoms with van der Waals surface area (Å²) in [4.78, 5) is 24.6. The molecule has 0 aliphatic carbocycles. The van der Waals surface area contributed by atoms with Crippen molar-refractivity contribution in [3.63, 3.8) is 0 Å². The molecule has 8 heteroatoms. The van der Waals surface area contributed by atoms with Crippen molar-refractivity contribution in [2.45, 2.75) is 44.7 Å². The Kier molecular flexibility index (Phi) is 4.72. The number of amides is 1. The molecule has 2 aliphatic heterocycles. The molecular formula is C26H23F2N5O. The maximum Gasteiger partial charge on any atom is 0.254 e. The maximum atomic E-state index is 14.0. The Morgan fingerprint density at radius 3 is 2.65 bits per heavy atom. The summed E-state index contributed by atoms with van der Waals surface area (Å²) in [5, 5.41) is 4.75. The molecule has 6 rings (SSSR count). The van der Waals surface area contributed by atoms with Crippen molar-refractivity contribution >= 4 is 16.9 Å². The fourth-order valence-electron chi connectivity index (χ4n) is 5.59. The standard InChI is InChI=1S/C26H23F2N5O/c1-14-13-29-22-10-15(6-7-21(22)30-14)26(34)33-19-4-3-5-23(33)24-20(12-19)25(32(2)31-24)16-8-17(27)11-18(28)9-16/h6-11,13,19,23H,3-5,12H2,1-2H3/t19-,23+/m1/s1. The predicted octanol–water partition coefficient (Wildman–Crippen LogP) is 4.91. The van der Waals surface area contributed by atoms with Crippen LogP contribution in [0, 0.1) is 18.6 Å². The second kappa shape index (κ2) is 7.68. The number of carbonyl (C=O) groups excluding carboxylic acids is 1. The average Bonchev–Trinajstić information content (AvgIpc) is 3.12. The predicted molar refractivity (Wildman–Crippen MR) is 123 cm³/mol. The van der Waals surface area contributed by atoms with Crippen LogP contribution in [0.25, 0.3) is 22.3 Å². The number of carbonyl (C=O) groups is 1. The number of hydrogen-bond donors (Lipinski definition) is 0. The first-order valence-electron chi connectivity index (χ1n) is 11.5. The van der Waals surface area contributed by atoms with Crippen molar-refractivity contribution in [1.29, 1.82) is 0 Å². The van der Waals surface area contributed by atoms with E-state index in [2.05, 4.69) is 9.97 Å². The molecule has 2 bridgehead atoms. The van der Waals surface area contributed by atoms with Crippen molar-refractivity contribution in [1.82, 2.24) is 24.6 Å². The zero-order valence-electron chi connectivity index (χ0n) is 18.9. The van der Waals surface area contributed by atoms with Crippen molar-refractivity contribution in [3.8, 4) is 11.3 Å². The van der Waals surface area contributed by atoms with Crippen LogP contribution in [0.4, 0.5) is 8.78 Å². The number of rotatable bonds is 2. The van der Waals surface area contributed by atoms with Gasteiger partial charge in [0.2, 0.25) is 0 Å². The lowest BCUT2D eigenvalue weighted by Crippen LogP contribution is -2.49. The molecular weight excluding hydrogens is 436 g/mol. The van der Waals surface area contributed by atoms with E-state index in [1.807, 2.05) is 24.0 Å². The second-order valence-corrected chi connectivity index (χ2v) is 9.23. The molecule has 2 aliphatic rings. The van der Waals surface area contributed by atoms with Crippen LogP contribution in [-0.4, -0.2) is 36.6 Å². The van der Waals surface area contributed by atoms with E-state index in [0.717, 1.165) is 47.8 Å². The van der Waals surface area contributed by atoms with Crippen molar-refractivity contribution in [2.24, 2.45) is 7.05 Å². The molecule has 34 heavy (non-hydrogen) atoms. The van der Waals surface area contributed by atoms with Crippen LogP contribution in [0.5, 0.6) is 0 Å². The van der Waals surface area contributed by atoms with Crippen molar-refractivity contribution in [2.75, 3.05) is 0 Å². The molecule has 4 heterocycles. The number of fused-ring (bicyclic) bond motifs is 5. The number of nitrogens with zero attached hydrogens (tertiary/aromatic N) is 5. The molecule has 2 aromatic heterocycles. The van der Waals surface area contributed by atoms with Gasteiger partial charge in [-0.3, -0.25) is 14.5 Å². The van der Waals surface area contributed by atoms with Gasteiger partial charge in [-0.25, -0.2) is 13.8 Å². The molecule has 2 atom stereocenters. The van der Waals surface area contributed by atoms with Gasteiger partial charge in [-0.1, -0.05) is 0 Å². The van der Waals surface area contributed by atoms with Crippen LogP contribution in [0.2, 0.25) is 0 Å². The minimum atomic E-state index is -0.618. The van der Waals surface area contributed by atoms with Gasteiger partial charge in [-0.05, 0) is 62.9 Å². The molecule has 0 saturated carbocycles. The lowest BCUT2D eigenvalue weighted by molar-refractivity contribution is 0.0392. The molecule has 1 fully saturated rings. The van der Waals surface area contributed by atoms with E-state index in [1.54, 1.807) is 24.0 Å². The monoisotopic (exact) mass is 459 g/mol. The Balaban J connectivity index is 1.41. The number of hydrogen-bond acceptors (Lipinski definition) is 4. The van der Waals surface area contributed by atoms with Gasteiger partial charge in [-0.2, -0.15) is 5.10 Å². The highest BCUT2D eigenvalue weighted by Gasteiger charge is 2.43. The fraction of sp³-hybridized carbons (Fsp3) is 0.308. The lowest BCUT2D eigenvalue weighted by Gasteiger charge is -2.45. The fourth-order valence-corrected chi connectivity index (χ4v) is 5.59. The summed E-state index contributed by atoms with van der Waals surface area (Å²) in [5.74, 6) is -1.28. The minimum Gasteiger partial charge on any atom is -0.327 e. The van der Waals surface area contributed by atoms with E-state index < -0.39 is 11.6 Å². The van der Waals surface area contributed by atoms with Gasteiger partial charge < -0.3 is 4.90 Å². The van der Waals surface area contributed by atoms with Gasteiger partial charge >= 0.3 is 0 Å². The number of benzene rings is 2. The van der Waals surface area contributed by atoms with Gasteiger partial charge in [0.05, 0.1) is 34.2 Å². The summed E-state index contributed by atoms with van der Waals surface area (Å²) in [7, 11) is 1.79. The Labute approximate surface area is 195 Å². The molecule has 1 saturated heterocycles. The van der Waals surface area contributed by atoms with Gasteiger partial charge in [-0.15, -0.1) is 0 Å². The van der Waals surface area contributed by atoms with E-state index >= 15 is 0 Å². The molecule has 2 aromatic carbocycles. The number of halogens is 2. The van der Waals surface area contributed by atoms with Crippen LogP contribution in [0.3, 0.4) is 0 Å². The highest BCUT2D eigenvalue weighted by Crippen LogP contribution is 2.45. The number of aryl methyl sites for hydroxylation is 2. The molecule has 1 amide bonds. The third-order valence-corrected chi connectivity index (χ3v) is 6.96. The largest absolute Gasteiger partial charge is 0.327 e. The normalized spacial score (nSPS) is 19.4. The van der Waals surface area contributed by atoms with Crippen LogP contribution in [0.15, 0.2) is 42.6 Å². The van der Waals surface area contributed by atoms with E-state index in [9.17, 15) is 13.6 Å². The van der Waals surface area contributed by atoms with Gasteiger partial charge in [0.15, 0.2) is 0 Å². The summed E-state index contributed by atoms with van der Waals surface area (Å²) in [6.45, 7) is 1.89. The number of piperidine rings is 1. The van der Waals surface area contributed by atoms with Crippen LogP contribution < -0.4 is 0 Å². The average molecular weight is 460 g/mol. The Bertz CT molecular complexity index is 1440. The van der Waals surface area contributed by atoms with Crippen LogP contribution in [-0.2, 0) is 13.5 Å². The molecule has 0 N–H and O–H groups in total. The van der Waals surface area contributed by atoms with Gasteiger partial charge in [0.1, 0.15) is 11.6 Å². The molecule has 0 spiro atoms. The summed E-state index contributed by atoms with van der Waals surface area (Å²) >= 11 is 0. The third-order valence-electron chi connectivity index (χ3n) is 6.96. The summed E-state index contributed by atoms with van der Waals surface area (Å²) in [6.07, 6.45) is 4.98. The molecule has 4 aromatic rings. The zero-order chi connectivity index (χ0) is 23.6. The van der Waals surface area contributed by atoms with E-state index in [4.69, 9.17) is 5.10 Å². The van der Waals surface area contributed by atoms with Crippen molar-refractivity contribution in [3.05, 3.63) is 76.7 Å². The quantitative estimate of drug-likeness (QED) is 0.427. The summed E-state index contributed by atoms with van der Waals surface area (Å²) in [5.41, 5.74) is 5.84.